The molecule has 1 saturated heterocycles. The molecule has 4 nitrogen and oxygen atoms in total. The first-order valence-electron chi connectivity index (χ1n) is 10.8. The molecule has 0 aromatic heterocycles. The summed E-state index contributed by atoms with van der Waals surface area (Å²) >= 11 is 12.2. The minimum Gasteiger partial charge on any atom is -0.483 e. The van der Waals surface area contributed by atoms with Crippen molar-refractivity contribution in [2.24, 2.45) is 0 Å². The second-order valence-corrected chi connectivity index (χ2v) is 8.86. The Hall–Kier alpha value is -2.53. The van der Waals surface area contributed by atoms with Crippen molar-refractivity contribution >= 4 is 29.1 Å². The molecular formula is C26H26Cl2N2O2. The Morgan fingerprint density at radius 1 is 0.812 bits per heavy atom. The van der Waals surface area contributed by atoms with Gasteiger partial charge in [0.2, 0.25) is 0 Å². The molecule has 0 N–H and O–H groups in total. The summed E-state index contributed by atoms with van der Waals surface area (Å²) in [6.07, 6.45) is 0.703. The molecule has 1 aliphatic rings. The van der Waals surface area contributed by atoms with E-state index >= 15 is 0 Å². The summed E-state index contributed by atoms with van der Waals surface area (Å²) in [4.78, 5) is 17.0. The molecule has 0 aliphatic carbocycles. The first-order chi connectivity index (χ1) is 15.6. The lowest BCUT2D eigenvalue weighted by molar-refractivity contribution is -0.135. The second-order valence-electron chi connectivity index (χ2n) is 7.99. The number of nitrogens with zero attached hydrogens (tertiary/aromatic N) is 2. The van der Waals surface area contributed by atoms with Crippen molar-refractivity contribution in [1.29, 1.82) is 0 Å². The van der Waals surface area contributed by atoms with Crippen LogP contribution in [0.2, 0.25) is 10.0 Å². The second kappa shape index (κ2) is 10.9. The maximum Gasteiger partial charge on any atom is 0.260 e. The molecule has 0 saturated carbocycles. The molecule has 0 bridgehead atoms. The molecule has 166 valence electrons. The Kier molecular flexibility index (Phi) is 7.69. The van der Waals surface area contributed by atoms with Crippen LogP contribution in [0.1, 0.15) is 16.7 Å². The van der Waals surface area contributed by atoms with Crippen molar-refractivity contribution < 1.29 is 9.53 Å². The maximum absolute atomic E-state index is 12.8. The molecule has 0 radical (unpaired) electrons. The first-order valence-corrected chi connectivity index (χ1v) is 11.5. The molecule has 1 aliphatic heterocycles. The van der Waals surface area contributed by atoms with Gasteiger partial charge in [-0.05, 0) is 47.0 Å². The fourth-order valence-electron chi connectivity index (χ4n) is 3.88. The standard InChI is InChI=1S/C26H26Cl2N2O2/c27-23-8-6-21(7-9-23)18-29-12-14-30(15-13-29)26(31)19-32-25-11-10-24(28)17-22(25)16-20-4-2-1-3-5-20/h1-11,17H,12-16,18-19H2. The third kappa shape index (κ3) is 6.26. The molecule has 0 spiro atoms. The molecule has 4 rings (SSSR count). The van der Waals surface area contributed by atoms with E-state index in [0.29, 0.717) is 30.3 Å². The summed E-state index contributed by atoms with van der Waals surface area (Å²) in [5.41, 5.74) is 3.37. The zero-order valence-corrected chi connectivity index (χ0v) is 19.4. The van der Waals surface area contributed by atoms with Crippen LogP contribution in [0.15, 0.2) is 72.8 Å². The lowest BCUT2D eigenvalue weighted by atomic mass is 10.0. The highest BCUT2D eigenvalue weighted by molar-refractivity contribution is 6.30. The van der Waals surface area contributed by atoms with Gasteiger partial charge < -0.3 is 9.64 Å². The molecule has 1 amide bonds. The summed E-state index contributed by atoms with van der Waals surface area (Å²) in [5.74, 6) is 0.713. The smallest absolute Gasteiger partial charge is 0.260 e. The number of carbonyl (C=O) groups is 1. The fourth-order valence-corrected chi connectivity index (χ4v) is 4.20. The molecular weight excluding hydrogens is 443 g/mol. The van der Waals surface area contributed by atoms with Crippen LogP contribution < -0.4 is 4.74 Å². The van der Waals surface area contributed by atoms with Crippen LogP contribution in [0, 0.1) is 0 Å². The van der Waals surface area contributed by atoms with Gasteiger partial charge in [-0.15, -0.1) is 0 Å². The predicted octanol–water partition coefficient (Wildman–Crippen LogP) is 5.31. The first kappa shape index (κ1) is 22.7. The van der Waals surface area contributed by atoms with Crippen molar-refractivity contribution in [2.75, 3.05) is 32.8 Å². The van der Waals surface area contributed by atoms with Crippen LogP contribution in [0.4, 0.5) is 0 Å². The molecule has 6 heteroatoms. The zero-order valence-electron chi connectivity index (χ0n) is 17.8. The third-order valence-electron chi connectivity index (χ3n) is 5.66. The normalized spacial score (nSPS) is 14.4. The highest BCUT2D eigenvalue weighted by Gasteiger charge is 2.22. The van der Waals surface area contributed by atoms with Crippen LogP contribution in [0.5, 0.6) is 5.75 Å². The van der Waals surface area contributed by atoms with Gasteiger partial charge in [-0.3, -0.25) is 9.69 Å². The number of hydrogen-bond donors (Lipinski definition) is 0. The van der Waals surface area contributed by atoms with E-state index in [1.165, 1.54) is 11.1 Å². The van der Waals surface area contributed by atoms with Gasteiger partial charge in [0.25, 0.3) is 5.91 Å². The lowest BCUT2D eigenvalue weighted by Crippen LogP contribution is -2.49. The van der Waals surface area contributed by atoms with E-state index in [1.807, 2.05) is 59.5 Å². The number of halogens is 2. The quantitative estimate of drug-likeness (QED) is 0.471. The number of hydrogen-bond acceptors (Lipinski definition) is 3. The largest absolute Gasteiger partial charge is 0.483 e. The maximum atomic E-state index is 12.8. The van der Waals surface area contributed by atoms with Crippen molar-refractivity contribution in [3.63, 3.8) is 0 Å². The molecule has 1 fully saturated rings. The van der Waals surface area contributed by atoms with Crippen LogP contribution >= 0.6 is 23.2 Å². The van der Waals surface area contributed by atoms with E-state index in [4.69, 9.17) is 27.9 Å². The summed E-state index contributed by atoms with van der Waals surface area (Å²) in [6, 6.07) is 23.6. The van der Waals surface area contributed by atoms with E-state index in [9.17, 15) is 4.79 Å². The Morgan fingerprint density at radius 3 is 2.22 bits per heavy atom. The Labute approximate surface area is 199 Å². The number of benzene rings is 3. The van der Waals surface area contributed by atoms with E-state index in [1.54, 1.807) is 6.07 Å². The number of rotatable bonds is 7. The van der Waals surface area contributed by atoms with Crippen LogP contribution in [0.25, 0.3) is 0 Å². The summed E-state index contributed by atoms with van der Waals surface area (Å²) < 4.78 is 5.94. The molecule has 3 aromatic rings. The molecule has 3 aromatic carbocycles. The molecule has 0 atom stereocenters. The van der Waals surface area contributed by atoms with Gasteiger partial charge >= 0.3 is 0 Å². The number of piperazine rings is 1. The summed E-state index contributed by atoms with van der Waals surface area (Å²) in [6.45, 7) is 3.98. The van der Waals surface area contributed by atoms with E-state index in [2.05, 4.69) is 17.0 Å². The molecule has 0 unspecified atom stereocenters. The van der Waals surface area contributed by atoms with Crippen molar-refractivity contribution in [3.8, 4) is 5.75 Å². The van der Waals surface area contributed by atoms with E-state index < -0.39 is 0 Å². The zero-order chi connectivity index (χ0) is 22.3. The van der Waals surface area contributed by atoms with Gasteiger partial charge in [0, 0.05) is 49.2 Å². The Bertz CT molecular complexity index is 1030. The molecule has 1 heterocycles. The third-order valence-corrected chi connectivity index (χ3v) is 6.14. The lowest BCUT2D eigenvalue weighted by Gasteiger charge is -2.34. The van der Waals surface area contributed by atoms with Gasteiger partial charge in [0.05, 0.1) is 0 Å². The number of amides is 1. The predicted molar refractivity (Wildman–Crippen MR) is 130 cm³/mol. The van der Waals surface area contributed by atoms with Gasteiger partial charge in [-0.1, -0.05) is 65.7 Å². The Morgan fingerprint density at radius 2 is 1.50 bits per heavy atom. The van der Waals surface area contributed by atoms with Gasteiger partial charge in [-0.2, -0.15) is 0 Å². The van der Waals surface area contributed by atoms with E-state index in [0.717, 1.165) is 30.2 Å². The average molecular weight is 469 g/mol. The van der Waals surface area contributed by atoms with Gasteiger partial charge in [-0.25, -0.2) is 0 Å². The number of ether oxygens (including phenoxy) is 1. The SMILES string of the molecule is O=C(COc1ccc(Cl)cc1Cc1ccccc1)N1CCN(Cc2ccc(Cl)cc2)CC1. The molecule has 32 heavy (non-hydrogen) atoms. The highest BCUT2D eigenvalue weighted by Crippen LogP contribution is 2.25. The Balaban J connectivity index is 1.29. The van der Waals surface area contributed by atoms with Gasteiger partial charge in [0.1, 0.15) is 5.75 Å². The summed E-state index contributed by atoms with van der Waals surface area (Å²) in [7, 11) is 0. The van der Waals surface area contributed by atoms with Crippen LogP contribution in [0.3, 0.4) is 0 Å². The topological polar surface area (TPSA) is 32.8 Å². The summed E-state index contributed by atoms with van der Waals surface area (Å²) in [5, 5.41) is 1.41. The minimum atomic E-state index is 0.0109. The van der Waals surface area contributed by atoms with Gasteiger partial charge in [0.15, 0.2) is 6.61 Å². The van der Waals surface area contributed by atoms with Crippen molar-refractivity contribution in [3.05, 3.63) is 99.5 Å². The average Bonchev–Trinajstić information content (AvgIpc) is 2.81. The highest BCUT2D eigenvalue weighted by atomic mass is 35.5. The van der Waals surface area contributed by atoms with Crippen molar-refractivity contribution in [1.82, 2.24) is 9.80 Å². The van der Waals surface area contributed by atoms with Crippen LogP contribution in [-0.4, -0.2) is 48.5 Å². The minimum absolute atomic E-state index is 0.0109. The van der Waals surface area contributed by atoms with E-state index in [-0.39, 0.29) is 12.5 Å². The van der Waals surface area contributed by atoms with Crippen LogP contribution in [-0.2, 0) is 17.8 Å². The van der Waals surface area contributed by atoms with Crippen molar-refractivity contribution in [2.45, 2.75) is 13.0 Å². The fraction of sp³-hybridized carbons (Fsp3) is 0.269. The number of carbonyl (C=O) groups excluding carboxylic acids is 1. The monoisotopic (exact) mass is 468 g/mol.